The van der Waals surface area contributed by atoms with Gasteiger partial charge in [0.1, 0.15) is 0 Å². The van der Waals surface area contributed by atoms with Crippen molar-refractivity contribution in [3.05, 3.63) is 35.5 Å². The van der Waals surface area contributed by atoms with Crippen LogP contribution in [0.2, 0.25) is 0 Å². The highest BCUT2D eigenvalue weighted by molar-refractivity contribution is 5.54. The Morgan fingerprint density at radius 2 is 1.67 bits per heavy atom. The van der Waals surface area contributed by atoms with E-state index in [1.54, 1.807) is 0 Å². The third kappa shape index (κ3) is 2.78. The molecule has 7 heteroatoms. The maximum Gasteiger partial charge on any atom is 0.230 e. The van der Waals surface area contributed by atoms with Gasteiger partial charge in [0.15, 0.2) is 17.5 Å². The van der Waals surface area contributed by atoms with Gasteiger partial charge in [-0.05, 0) is 37.8 Å². The molecule has 21 heavy (non-hydrogen) atoms. The van der Waals surface area contributed by atoms with Gasteiger partial charge >= 0.3 is 0 Å². The Hall–Kier alpha value is -1.89. The molecule has 2 aromatic rings. The largest absolute Gasteiger partial charge is 0.393 e. The van der Waals surface area contributed by atoms with Crippen molar-refractivity contribution in [2.45, 2.75) is 37.7 Å². The zero-order valence-corrected chi connectivity index (χ0v) is 11.0. The van der Waals surface area contributed by atoms with E-state index in [0.29, 0.717) is 18.7 Å². The number of aliphatic hydroxyl groups excluding tert-OH is 1. The van der Waals surface area contributed by atoms with Crippen LogP contribution in [0.15, 0.2) is 16.7 Å². The molecule has 1 aliphatic carbocycles. The summed E-state index contributed by atoms with van der Waals surface area (Å²) in [5.41, 5.74) is 0.0252. The van der Waals surface area contributed by atoms with E-state index >= 15 is 0 Å². The van der Waals surface area contributed by atoms with Crippen molar-refractivity contribution in [1.82, 2.24) is 10.1 Å². The summed E-state index contributed by atoms with van der Waals surface area (Å²) >= 11 is 0. The zero-order chi connectivity index (χ0) is 15.0. The van der Waals surface area contributed by atoms with Gasteiger partial charge in [-0.2, -0.15) is 4.98 Å². The first-order chi connectivity index (χ1) is 10.0. The zero-order valence-electron chi connectivity index (χ0n) is 11.0. The molecular formula is C14H13F3N2O2. The van der Waals surface area contributed by atoms with Crippen LogP contribution in [-0.4, -0.2) is 21.4 Å². The molecule has 3 rings (SSSR count). The number of hydrogen-bond donors (Lipinski definition) is 1. The normalized spacial score (nSPS) is 22.5. The number of nitrogens with zero attached hydrogens (tertiary/aromatic N) is 2. The summed E-state index contributed by atoms with van der Waals surface area (Å²) in [6, 6.07) is 1.66. The number of hydrogen-bond acceptors (Lipinski definition) is 4. The molecule has 1 aromatic heterocycles. The van der Waals surface area contributed by atoms with Gasteiger partial charge in [-0.1, -0.05) is 5.16 Å². The van der Waals surface area contributed by atoms with Crippen LogP contribution in [-0.2, 0) is 0 Å². The summed E-state index contributed by atoms with van der Waals surface area (Å²) in [4.78, 5) is 4.13. The summed E-state index contributed by atoms with van der Waals surface area (Å²) in [7, 11) is 0. The van der Waals surface area contributed by atoms with Crippen molar-refractivity contribution in [3.8, 4) is 11.4 Å². The first-order valence-corrected chi connectivity index (χ1v) is 6.71. The van der Waals surface area contributed by atoms with Crippen LogP contribution in [0.3, 0.4) is 0 Å². The van der Waals surface area contributed by atoms with Crippen LogP contribution in [0.4, 0.5) is 13.2 Å². The Morgan fingerprint density at radius 1 is 1.05 bits per heavy atom. The van der Waals surface area contributed by atoms with E-state index in [0.717, 1.165) is 25.0 Å². The van der Waals surface area contributed by atoms with Crippen LogP contribution in [0.1, 0.15) is 37.5 Å². The second-order valence-corrected chi connectivity index (χ2v) is 5.22. The summed E-state index contributed by atoms with van der Waals surface area (Å²) in [5.74, 6) is -3.68. The van der Waals surface area contributed by atoms with E-state index in [9.17, 15) is 18.3 Å². The van der Waals surface area contributed by atoms with Crippen LogP contribution >= 0.6 is 0 Å². The number of halogens is 3. The van der Waals surface area contributed by atoms with E-state index in [1.807, 2.05) is 0 Å². The van der Waals surface area contributed by atoms with Gasteiger partial charge in [-0.15, -0.1) is 0 Å². The quantitative estimate of drug-likeness (QED) is 0.865. The molecule has 0 unspecified atom stereocenters. The van der Waals surface area contributed by atoms with Crippen LogP contribution in [0.5, 0.6) is 0 Å². The first-order valence-electron chi connectivity index (χ1n) is 6.71. The minimum Gasteiger partial charge on any atom is -0.393 e. The number of rotatable bonds is 2. The molecule has 1 aliphatic rings. The summed E-state index contributed by atoms with van der Waals surface area (Å²) < 4.78 is 44.4. The van der Waals surface area contributed by atoms with Crippen LogP contribution < -0.4 is 0 Å². The molecule has 4 nitrogen and oxygen atoms in total. The van der Waals surface area contributed by atoms with Gasteiger partial charge in [0.2, 0.25) is 11.7 Å². The standard InChI is InChI=1S/C14H13F3N2O2/c15-10-5-8(6-11(16)12(10)17)13-18-14(21-19-13)7-1-3-9(20)4-2-7/h5-7,9,20H,1-4H2. The van der Waals surface area contributed by atoms with Crippen LogP contribution in [0, 0.1) is 17.5 Å². The average Bonchev–Trinajstić information content (AvgIpc) is 2.95. The molecule has 1 heterocycles. The summed E-state index contributed by atoms with van der Waals surface area (Å²) in [6.07, 6.45) is 2.44. The monoisotopic (exact) mass is 298 g/mol. The average molecular weight is 298 g/mol. The third-order valence-electron chi connectivity index (χ3n) is 3.73. The minimum atomic E-state index is -1.52. The van der Waals surface area contributed by atoms with Crippen molar-refractivity contribution in [3.63, 3.8) is 0 Å². The predicted molar refractivity (Wildman–Crippen MR) is 66.8 cm³/mol. The minimum absolute atomic E-state index is 0.0221. The predicted octanol–water partition coefficient (Wildman–Crippen LogP) is 3.17. The maximum absolute atomic E-state index is 13.2. The number of aromatic nitrogens is 2. The van der Waals surface area contributed by atoms with Gasteiger partial charge in [-0.25, -0.2) is 13.2 Å². The number of aliphatic hydroxyl groups is 1. The van der Waals surface area contributed by atoms with Gasteiger partial charge in [0, 0.05) is 11.5 Å². The van der Waals surface area contributed by atoms with E-state index in [-0.39, 0.29) is 23.4 Å². The topological polar surface area (TPSA) is 59.2 Å². The molecule has 112 valence electrons. The van der Waals surface area contributed by atoms with Gasteiger partial charge in [0.05, 0.1) is 6.10 Å². The van der Waals surface area contributed by atoms with Crippen molar-refractivity contribution in [2.24, 2.45) is 0 Å². The second kappa shape index (κ2) is 5.48. The molecule has 0 spiro atoms. The third-order valence-corrected chi connectivity index (χ3v) is 3.73. The molecule has 0 aliphatic heterocycles. The summed E-state index contributed by atoms with van der Waals surface area (Å²) in [5, 5.41) is 13.1. The number of benzene rings is 1. The fraction of sp³-hybridized carbons (Fsp3) is 0.429. The molecule has 0 amide bonds. The lowest BCUT2D eigenvalue weighted by molar-refractivity contribution is 0.116. The smallest absolute Gasteiger partial charge is 0.230 e. The Bertz CT molecular complexity index is 628. The Morgan fingerprint density at radius 3 is 2.29 bits per heavy atom. The van der Waals surface area contributed by atoms with Crippen molar-refractivity contribution >= 4 is 0 Å². The molecule has 0 saturated heterocycles. The lowest BCUT2D eigenvalue weighted by Crippen LogP contribution is -2.17. The lowest BCUT2D eigenvalue weighted by atomic mass is 9.87. The molecule has 1 saturated carbocycles. The van der Waals surface area contributed by atoms with E-state index in [1.165, 1.54) is 0 Å². The highest BCUT2D eigenvalue weighted by atomic mass is 19.2. The SMILES string of the molecule is OC1CCC(c2nc(-c3cc(F)c(F)c(F)c3)no2)CC1. The Labute approximate surface area is 118 Å². The van der Waals surface area contributed by atoms with Gasteiger partial charge in [0.25, 0.3) is 0 Å². The molecule has 0 bridgehead atoms. The van der Waals surface area contributed by atoms with Gasteiger partial charge in [-0.3, -0.25) is 0 Å². The highest BCUT2D eigenvalue weighted by Crippen LogP contribution is 2.33. The molecular weight excluding hydrogens is 285 g/mol. The first kappa shape index (κ1) is 14.1. The van der Waals surface area contributed by atoms with Gasteiger partial charge < -0.3 is 9.63 Å². The fourth-order valence-corrected chi connectivity index (χ4v) is 2.53. The molecule has 1 fully saturated rings. The van der Waals surface area contributed by atoms with E-state index in [4.69, 9.17) is 4.52 Å². The van der Waals surface area contributed by atoms with E-state index < -0.39 is 17.5 Å². The Kier molecular flexibility index (Phi) is 3.67. The Balaban J connectivity index is 1.85. The lowest BCUT2D eigenvalue weighted by Gasteiger charge is -2.22. The van der Waals surface area contributed by atoms with E-state index in [2.05, 4.69) is 10.1 Å². The summed E-state index contributed by atoms with van der Waals surface area (Å²) in [6.45, 7) is 0. The van der Waals surface area contributed by atoms with Crippen molar-refractivity contribution in [1.29, 1.82) is 0 Å². The maximum atomic E-state index is 13.2. The van der Waals surface area contributed by atoms with Crippen molar-refractivity contribution < 1.29 is 22.8 Å². The highest BCUT2D eigenvalue weighted by Gasteiger charge is 2.26. The molecule has 1 N–H and O–H groups in total. The fourth-order valence-electron chi connectivity index (χ4n) is 2.53. The van der Waals surface area contributed by atoms with Crippen LogP contribution in [0.25, 0.3) is 11.4 Å². The molecule has 0 radical (unpaired) electrons. The van der Waals surface area contributed by atoms with Crippen molar-refractivity contribution in [2.75, 3.05) is 0 Å². The molecule has 0 atom stereocenters. The molecule has 1 aromatic carbocycles. The second-order valence-electron chi connectivity index (χ2n) is 5.22.